The monoisotopic (exact) mass is 413 g/mol. The number of carbonyl (C=O) groups is 2. The normalized spacial score (nSPS) is 17.1. The van der Waals surface area contributed by atoms with Gasteiger partial charge in [0.15, 0.2) is 0 Å². The van der Waals surface area contributed by atoms with Gasteiger partial charge in [-0.3, -0.25) is 9.59 Å². The predicted octanol–water partition coefficient (Wildman–Crippen LogP) is 3.97. The minimum absolute atomic E-state index is 0.00165. The minimum Gasteiger partial charge on any atom is -0.336 e. The Bertz CT molecular complexity index is 1040. The highest BCUT2D eigenvalue weighted by molar-refractivity contribution is 7.16. The summed E-state index contributed by atoms with van der Waals surface area (Å²) in [6.07, 6.45) is 0.481. The van der Waals surface area contributed by atoms with Crippen molar-refractivity contribution in [1.82, 2.24) is 14.4 Å². The van der Waals surface area contributed by atoms with Crippen molar-refractivity contribution in [3.05, 3.63) is 58.9 Å². The molecule has 0 saturated carbocycles. The topological polar surface area (TPSA) is 45.6 Å². The Kier molecular flexibility index (Phi) is 5.41. The molecule has 1 saturated heterocycles. The summed E-state index contributed by atoms with van der Waals surface area (Å²) in [5.74, 6) is -0.164. The van der Waals surface area contributed by atoms with E-state index in [2.05, 4.69) is 0 Å². The lowest BCUT2D eigenvalue weighted by Gasteiger charge is -2.40. The van der Waals surface area contributed by atoms with E-state index in [1.54, 1.807) is 23.5 Å². The van der Waals surface area contributed by atoms with Crippen LogP contribution in [0.5, 0.6) is 0 Å². The summed E-state index contributed by atoms with van der Waals surface area (Å²) < 4.78 is 15.3. The number of hydrogen-bond acceptors (Lipinski definition) is 3. The summed E-state index contributed by atoms with van der Waals surface area (Å²) in [6, 6.07) is 10.3. The van der Waals surface area contributed by atoms with Gasteiger partial charge in [0.1, 0.15) is 16.3 Å². The van der Waals surface area contributed by atoms with Crippen molar-refractivity contribution < 1.29 is 14.0 Å². The molecule has 1 aliphatic heterocycles. The van der Waals surface area contributed by atoms with E-state index in [0.29, 0.717) is 38.3 Å². The fourth-order valence-corrected chi connectivity index (χ4v) is 4.86. The second kappa shape index (κ2) is 7.99. The van der Waals surface area contributed by atoms with Crippen LogP contribution in [0.15, 0.2) is 41.8 Å². The number of amides is 2. The van der Waals surface area contributed by atoms with Crippen LogP contribution in [0.25, 0.3) is 10.2 Å². The van der Waals surface area contributed by atoms with Gasteiger partial charge >= 0.3 is 0 Å². The van der Waals surface area contributed by atoms with Crippen molar-refractivity contribution >= 4 is 33.4 Å². The van der Waals surface area contributed by atoms with Gasteiger partial charge in [0.25, 0.3) is 5.91 Å². The predicted molar refractivity (Wildman–Crippen MR) is 113 cm³/mol. The second-order valence-electron chi connectivity index (χ2n) is 7.46. The Labute approximate surface area is 173 Å². The molecular weight excluding hydrogens is 389 g/mol. The number of hydrogen-bond donors (Lipinski definition) is 0. The molecule has 0 bridgehead atoms. The van der Waals surface area contributed by atoms with Crippen LogP contribution in [0.4, 0.5) is 4.39 Å². The van der Waals surface area contributed by atoms with E-state index in [9.17, 15) is 14.0 Å². The number of halogens is 1. The molecule has 3 heterocycles. The maximum Gasteiger partial charge on any atom is 0.270 e. The molecule has 152 valence electrons. The van der Waals surface area contributed by atoms with Crippen LogP contribution in [0, 0.1) is 5.82 Å². The molecule has 0 radical (unpaired) electrons. The highest BCUT2D eigenvalue weighted by atomic mass is 32.1. The van der Waals surface area contributed by atoms with Gasteiger partial charge in [0, 0.05) is 44.0 Å². The smallest absolute Gasteiger partial charge is 0.270 e. The highest BCUT2D eigenvalue weighted by Crippen LogP contribution is 2.28. The highest BCUT2D eigenvalue weighted by Gasteiger charge is 2.31. The van der Waals surface area contributed by atoms with Gasteiger partial charge in [0.05, 0.1) is 0 Å². The summed E-state index contributed by atoms with van der Waals surface area (Å²) in [4.78, 5) is 30.2. The third-order valence-corrected chi connectivity index (χ3v) is 6.46. The molecule has 0 spiro atoms. The van der Waals surface area contributed by atoms with Gasteiger partial charge in [-0.2, -0.15) is 0 Å². The lowest BCUT2D eigenvalue weighted by atomic mass is 10.1. The van der Waals surface area contributed by atoms with E-state index in [4.69, 9.17) is 0 Å². The maximum atomic E-state index is 13.4. The number of nitrogens with zero attached hydrogens (tertiary/aromatic N) is 3. The zero-order valence-electron chi connectivity index (χ0n) is 16.6. The van der Waals surface area contributed by atoms with Gasteiger partial charge < -0.3 is 14.4 Å². The van der Waals surface area contributed by atoms with Gasteiger partial charge in [-0.15, -0.1) is 11.3 Å². The van der Waals surface area contributed by atoms with Crippen molar-refractivity contribution in [2.75, 3.05) is 19.6 Å². The Morgan fingerprint density at radius 2 is 1.93 bits per heavy atom. The van der Waals surface area contributed by atoms with Crippen LogP contribution < -0.4 is 0 Å². The number of fused-ring (bicyclic) bond motifs is 1. The standard InChI is InChI=1S/C22H24FN3O2S/c1-3-20(27)25-10-9-24(13-15(25)2)21(28)19-12-17-8-11-29-22(17)26(19)14-16-4-6-18(23)7-5-16/h4-8,11-12,15H,3,9-10,13-14H2,1-2H3. The summed E-state index contributed by atoms with van der Waals surface area (Å²) in [7, 11) is 0. The summed E-state index contributed by atoms with van der Waals surface area (Å²) in [6.45, 7) is 5.98. The van der Waals surface area contributed by atoms with Gasteiger partial charge in [0.2, 0.25) is 5.91 Å². The molecule has 1 aromatic carbocycles. The number of thiophene rings is 1. The van der Waals surface area contributed by atoms with E-state index in [0.717, 1.165) is 15.8 Å². The van der Waals surface area contributed by atoms with E-state index in [1.807, 2.05) is 45.7 Å². The first-order chi connectivity index (χ1) is 14.0. The average Bonchev–Trinajstić information content (AvgIpc) is 3.31. The largest absolute Gasteiger partial charge is 0.336 e. The molecule has 7 heteroatoms. The zero-order valence-corrected chi connectivity index (χ0v) is 17.4. The van der Waals surface area contributed by atoms with E-state index >= 15 is 0 Å². The Morgan fingerprint density at radius 1 is 1.17 bits per heavy atom. The first-order valence-electron chi connectivity index (χ1n) is 9.88. The molecule has 5 nitrogen and oxygen atoms in total. The second-order valence-corrected chi connectivity index (χ2v) is 8.36. The summed E-state index contributed by atoms with van der Waals surface area (Å²) in [5, 5.41) is 3.05. The lowest BCUT2D eigenvalue weighted by molar-refractivity contribution is -0.134. The Hall–Kier alpha value is -2.67. The molecular formula is C22H24FN3O2S. The van der Waals surface area contributed by atoms with Crippen molar-refractivity contribution in [2.45, 2.75) is 32.9 Å². The number of aromatic nitrogens is 1. The van der Waals surface area contributed by atoms with Crippen LogP contribution in [0.3, 0.4) is 0 Å². The fourth-order valence-electron chi connectivity index (χ4n) is 3.96. The quantitative estimate of drug-likeness (QED) is 0.650. The van der Waals surface area contributed by atoms with Crippen molar-refractivity contribution in [3.8, 4) is 0 Å². The molecule has 29 heavy (non-hydrogen) atoms. The minimum atomic E-state index is -0.271. The molecule has 1 aliphatic rings. The molecule has 0 N–H and O–H groups in total. The van der Waals surface area contributed by atoms with Gasteiger partial charge in [-0.1, -0.05) is 19.1 Å². The Morgan fingerprint density at radius 3 is 2.62 bits per heavy atom. The molecule has 0 aliphatic carbocycles. The SMILES string of the molecule is CCC(=O)N1CCN(C(=O)c2cc3ccsc3n2Cc2ccc(F)cc2)CC1C. The molecule has 1 atom stereocenters. The summed E-state index contributed by atoms with van der Waals surface area (Å²) in [5.41, 5.74) is 1.58. The number of benzene rings is 1. The number of piperazine rings is 1. The van der Waals surface area contributed by atoms with Crippen LogP contribution in [0.2, 0.25) is 0 Å². The maximum absolute atomic E-state index is 13.4. The Balaban J connectivity index is 1.60. The van der Waals surface area contributed by atoms with Crippen molar-refractivity contribution in [1.29, 1.82) is 0 Å². The number of carbonyl (C=O) groups excluding carboxylic acids is 2. The summed E-state index contributed by atoms with van der Waals surface area (Å²) >= 11 is 1.59. The fraction of sp³-hybridized carbons (Fsp3) is 0.364. The molecule has 4 rings (SSSR count). The molecule has 3 aromatic rings. The van der Waals surface area contributed by atoms with Crippen LogP contribution in [-0.2, 0) is 11.3 Å². The molecule has 1 fully saturated rings. The van der Waals surface area contributed by atoms with E-state index in [-0.39, 0.29) is 23.7 Å². The lowest BCUT2D eigenvalue weighted by Crippen LogP contribution is -2.55. The van der Waals surface area contributed by atoms with Crippen LogP contribution >= 0.6 is 11.3 Å². The van der Waals surface area contributed by atoms with Crippen LogP contribution in [0.1, 0.15) is 36.3 Å². The van der Waals surface area contributed by atoms with E-state index < -0.39 is 0 Å². The van der Waals surface area contributed by atoms with Crippen LogP contribution in [-0.4, -0.2) is 51.9 Å². The van der Waals surface area contributed by atoms with Gasteiger partial charge in [-0.25, -0.2) is 4.39 Å². The third kappa shape index (κ3) is 3.79. The molecule has 2 aromatic heterocycles. The first kappa shape index (κ1) is 19.6. The third-order valence-electron chi connectivity index (χ3n) is 5.51. The molecule has 1 unspecified atom stereocenters. The number of rotatable bonds is 4. The zero-order chi connectivity index (χ0) is 20.5. The van der Waals surface area contributed by atoms with Crippen molar-refractivity contribution in [2.24, 2.45) is 0 Å². The first-order valence-corrected chi connectivity index (χ1v) is 10.8. The van der Waals surface area contributed by atoms with E-state index in [1.165, 1.54) is 12.1 Å². The van der Waals surface area contributed by atoms with Crippen molar-refractivity contribution in [3.63, 3.8) is 0 Å². The molecule has 2 amide bonds. The average molecular weight is 414 g/mol. The van der Waals surface area contributed by atoms with Gasteiger partial charge in [-0.05, 0) is 42.1 Å².